The summed E-state index contributed by atoms with van der Waals surface area (Å²) >= 11 is 13.1. The average molecular weight is 597 g/mol. The SMILES string of the molecule is CCS(=O)(=O)c1ccc(C(COC)C(=O)Nc2cc(Cl)c(-c3ccc(S(=O)(=O)C4CC4)cc3)c(Cl)c2)cc1. The van der Waals surface area contributed by atoms with Crippen LogP contribution in [0.2, 0.25) is 10.0 Å². The number of amides is 1. The Hall–Kier alpha value is -2.43. The van der Waals surface area contributed by atoms with Crippen LogP contribution in [0.25, 0.3) is 11.1 Å². The van der Waals surface area contributed by atoms with E-state index in [0.29, 0.717) is 35.2 Å². The third kappa shape index (κ3) is 6.07. The van der Waals surface area contributed by atoms with E-state index < -0.39 is 25.6 Å². The molecule has 0 bridgehead atoms. The molecule has 0 aliphatic heterocycles. The second kappa shape index (κ2) is 11.4. The molecular weight excluding hydrogens is 569 g/mol. The number of carbonyl (C=O) groups is 1. The Morgan fingerprint density at radius 1 is 0.947 bits per heavy atom. The third-order valence-electron chi connectivity index (χ3n) is 6.42. The van der Waals surface area contributed by atoms with Crippen molar-refractivity contribution in [2.45, 2.75) is 40.7 Å². The number of halogens is 2. The fraction of sp³-hybridized carbons (Fsp3) is 0.296. The number of rotatable bonds is 10. The van der Waals surface area contributed by atoms with Crippen molar-refractivity contribution in [3.63, 3.8) is 0 Å². The van der Waals surface area contributed by atoms with Gasteiger partial charge in [0.15, 0.2) is 19.7 Å². The number of hydrogen-bond acceptors (Lipinski definition) is 6. The van der Waals surface area contributed by atoms with Crippen LogP contribution in [0.4, 0.5) is 5.69 Å². The van der Waals surface area contributed by atoms with E-state index in [0.717, 1.165) is 0 Å². The minimum Gasteiger partial charge on any atom is -0.384 e. The van der Waals surface area contributed by atoms with Gasteiger partial charge in [0.2, 0.25) is 5.91 Å². The molecular formula is C27H27Cl2NO6S2. The molecule has 3 aromatic carbocycles. The van der Waals surface area contributed by atoms with Crippen LogP contribution in [0.5, 0.6) is 0 Å². The first-order valence-corrected chi connectivity index (χ1v) is 15.9. The molecule has 1 amide bonds. The van der Waals surface area contributed by atoms with Gasteiger partial charge in [0.25, 0.3) is 0 Å². The average Bonchev–Trinajstić information content (AvgIpc) is 3.74. The zero-order valence-corrected chi connectivity index (χ0v) is 23.9. The molecule has 11 heteroatoms. The summed E-state index contributed by atoms with van der Waals surface area (Å²) in [5, 5.41) is 3.07. The van der Waals surface area contributed by atoms with Crippen LogP contribution < -0.4 is 5.32 Å². The van der Waals surface area contributed by atoms with Crippen LogP contribution in [0, 0.1) is 0 Å². The van der Waals surface area contributed by atoms with Crippen LogP contribution >= 0.6 is 23.2 Å². The molecule has 202 valence electrons. The summed E-state index contributed by atoms with van der Waals surface area (Å²) in [5.41, 5.74) is 2.12. The molecule has 0 spiro atoms. The molecule has 1 N–H and O–H groups in total. The summed E-state index contributed by atoms with van der Waals surface area (Å²) in [4.78, 5) is 13.6. The molecule has 0 heterocycles. The molecule has 1 unspecified atom stereocenters. The predicted octanol–water partition coefficient (Wildman–Crippen LogP) is 5.76. The van der Waals surface area contributed by atoms with Crippen molar-refractivity contribution in [1.29, 1.82) is 0 Å². The molecule has 3 aromatic rings. The van der Waals surface area contributed by atoms with Crippen molar-refractivity contribution >= 4 is 54.5 Å². The van der Waals surface area contributed by atoms with Crippen molar-refractivity contribution in [3.05, 3.63) is 76.3 Å². The van der Waals surface area contributed by atoms with Crippen molar-refractivity contribution in [2.75, 3.05) is 24.8 Å². The minimum atomic E-state index is -3.36. The van der Waals surface area contributed by atoms with E-state index in [1.807, 2.05) is 0 Å². The zero-order chi connectivity index (χ0) is 27.7. The lowest BCUT2D eigenvalue weighted by atomic mass is 9.99. The molecule has 38 heavy (non-hydrogen) atoms. The summed E-state index contributed by atoms with van der Waals surface area (Å²) < 4.78 is 54.4. The highest BCUT2D eigenvalue weighted by Gasteiger charge is 2.36. The Bertz CT molecular complexity index is 1530. The fourth-order valence-electron chi connectivity index (χ4n) is 4.10. The van der Waals surface area contributed by atoms with Gasteiger partial charge in [-0.25, -0.2) is 16.8 Å². The van der Waals surface area contributed by atoms with Gasteiger partial charge < -0.3 is 10.1 Å². The number of carbonyl (C=O) groups excluding carboxylic acids is 1. The van der Waals surface area contributed by atoms with Gasteiger partial charge in [-0.3, -0.25) is 4.79 Å². The van der Waals surface area contributed by atoms with Gasteiger partial charge in [0.1, 0.15) is 0 Å². The summed E-state index contributed by atoms with van der Waals surface area (Å²) in [6.07, 6.45) is 1.37. The van der Waals surface area contributed by atoms with Crippen LogP contribution in [-0.4, -0.2) is 47.5 Å². The van der Waals surface area contributed by atoms with E-state index in [-0.39, 0.29) is 43.4 Å². The number of benzene rings is 3. The fourth-order valence-corrected chi connectivity index (χ4v) is 7.34. The highest BCUT2D eigenvalue weighted by molar-refractivity contribution is 7.92. The molecule has 0 aromatic heterocycles. The number of sulfone groups is 2. The first-order chi connectivity index (χ1) is 18.0. The van der Waals surface area contributed by atoms with Gasteiger partial charge in [-0.2, -0.15) is 0 Å². The maximum absolute atomic E-state index is 13.2. The van der Waals surface area contributed by atoms with E-state index >= 15 is 0 Å². The number of methoxy groups -OCH3 is 1. The topological polar surface area (TPSA) is 107 Å². The number of hydrogen-bond donors (Lipinski definition) is 1. The number of nitrogens with one attached hydrogen (secondary N) is 1. The normalized spacial score (nSPS) is 14.7. The molecule has 1 saturated carbocycles. The van der Waals surface area contributed by atoms with Gasteiger partial charge in [-0.1, -0.05) is 54.4 Å². The lowest BCUT2D eigenvalue weighted by Crippen LogP contribution is -2.24. The summed E-state index contributed by atoms with van der Waals surface area (Å²) in [7, 11) is -5.19. The summed E-state index contributed by atoms with van der Waals surface area (Å²) in [6, 6.07) is 15.7. The molecule has 0 radical (unpaired) electrons. The van der Waals surface area contributed by atoms with Crippen LogP contribution in [0.1, 0.15) is 31.2 Å². The van der Waals surface area contributed by atoms with E-state index in [4.69, 9.17) is 27.9 Å². The van der Waals surface area contributed by atoms with Crippen LogP contribution in [0.3, 0.4) is 0 Å². The second-order valence-corrected chi connectivity index (χ2v) is 14.4. The van der Waals surface area contributed by atoms with Gasteiger partial charge in [-0.05, 0) is 60.4 Å². The lowest BCUT2D eigenvalue weighted by molar-refractivity contribution is -0.118. The maximum Gasteiger partial charge on any atom is 0.234 e. The number of anilines is 1. The van der Waals surface area contributed by atoms with Crippen molar-refractivity contribution < 1.29 is 26.4 Å². The lowest BCUT2D eigenvalue weighted by Gasteiger charge is -2.18. The third-order valence-corrected chi connectivity index (χ3v) is 11.0. The van der Waals surface area contributed by atoms with Crippen molar-refractivity contribution in [1.82, 2.24) is 0 Å². The molecule has 4 rings (SSSR count). The Morgan fingerprint density at radius 3 is 2.00 bits per heavy atom. The van der Waals surface area contributed by atoms with Gasteiger partial charge in [0.05, 0.1) is 43.4 Å². The standard InChI is InChI=1S/C27H27Cl2NO6S2/c1-3-37(32,33)20-8-4-17(5-9-20)23(16-36-2)27(31)30-19-14-24(28)26(25(29)15-19)18-6-10-21(11-7-18)38(34,35)22-12-13-22/h4-11,14-15,22-23H,3,12-13,16H2,1-2H3,(H,30,31). The zero-order valence-electron chi connectivity index (χ0n) is 20.8. The predicted molar refractivity (Wildman–Crippen MR) is 150 cm³/mol. The Labute approximate surface area is 233 Å². The van der Waals surface area contributed by atoms with Gasteiger partial charge >= 0.3 is 0 Å². The van der Waals surface area contributed by atoms with Gasteiger partial charge in [-0.15, -0.1) is 0 Å². The molecule has 7 nitrogen and oxygen atoms in total. The Balaban J connectivity index is 1.55. The molecule has 1 aliphatic carbocycles. The van der Waals surface area contributed by atoms with Gasteiger partial charge in [0, 0.05) is 18.4 Å². The Kier molecular flexibility index (Phi) is 8.54. The highest BCUT2D eigenvalue weighted by Crippen LogP contribution is 2.39. The van der Waals surface area contributed by atoms with Crippen LogP contribution in [-0.2, 0) is 29.2 Å². The highest BCUT2D eigenvalue weighted by atomic mass is 35.5. The van der Waals surface area contributed by atoms with Crippen molar-refractivity contribution in [3.8, 4) is 11.1 Å². The molecule has 1 fully saturated rings. The number of ether oxygens (including phenoxy) is 1. The maximum atomic E-state index is 13.2. The second-order valence-electron chi connectivity index (χ2n) is 9.05. The van der Waals surface area contributed by atoms with Crippen molar-refractivity contribution in [2.24, 2.45) is 0 Å². The van der Waals surface area contributed by atoms with E-state index in [1.165, 1.54) is 19.2 Å². The summed E-state index contributed by atoms with van der Waals surface area (Å²) in [5.74, 6) is -1.11. The largest absolute Gasteiger partial charge is 0.384 e. The van der Waals surface area contributed by atoms with E-state index in [2.05, 4.69) is 5.32 Å². The van der Waals surface area contributed by atoms with E-state index in [1.54, 1.807) is 55.5 Å². The molecule has 0 saturated heterocycles. The minimum absolute atomic E-state index is 0.0183. The quantitative estimate of drug-likeness (QED) is 0.319. The molecule has 1 aliphatic rings. The van der Waals surface area contributed by atoms with E-state index in [9.17, 15) is 21.6 Å². The first-order valence-electron chi connectivity index (χ1n) is 11.9. The first kappa shape index (κ1) is 28.6. The smallest absolute Gasteiger partial charge is 0.234 e. The van der Waals surface area contributed by atoms with Crippen LogP contribution in [0.15, 0.2) is 70.5 Å². The molecule has 1 atom stereocenters. The monoisotopic (exact) mass is 595 g/mol. The Morgan fingerprint density at radius 2 is 1.50 bits per heavy atom. The summed E-state index contributed by atoms with van der Waals surface area (Å²) in [6.45, 7) is 1.64.